The third-order valence-electron chi connectivity index (χ3n) is 2.21. The lowest BCUT2D eigenvalue weighted by Crippen LogP contribution is -2.41. The number of benzene rings is 1. The van der Waals surface area contributed by atoms with Gasteiger partial charge in [0.05, 0.1) is 16.8 Å². The first-order valence-corrected chi connectivity index (χ1v) is 6.34. The summed E-state index contributed by atoms with van der Waals surface area (Å²) in [5, 5.41) is 0.285. The average molecular weight is 344 g/mol. The molecule has 2 rings (SSSR count). The number of halogens is 2. The molecular weight excluding hydrogens is 336 g/mol. The Hall–Kier alpha value is -1.79. The van der Waals surface area contributed by atoms with E-state index < -0.39 is 11.8 Å². The van der Waals surface area contributed by atoms with E-state index in [1.165, 1.54) is 12.3 Å². The van der Waals surface area contributed by atoms with Crippen LogP contribution in [-0.4, -0.2) is 11.8 Å². The molecule has 0 spiro atoms. The van der Waals surface area contributed by atoms with E-state index in [1.54, 1.807) is 24.3 Å². The maximum absolute atomic E-state index is 11.8. The van der Waals surface area contributed by atoms with Gasteiger partial charge in [0.25, 0.3) is 5.91 Å². The van der Waals surface area contributed by atoms with Crippen molar-refractivity contribution in [3.63, 3.8) is 0 Å². The van der Waals surface area contributed by atoms with Gasteiger partial charge in [0.1, 0.15) is 0 Å². The minimum Gasteiger partial charge on any atom is -0.459 e. The number of hydrazine groups is 1. The normalized spacial score (nSPS) is 10.0. The highest BCUT2D eigenvalue weighted by atomic mass is 79.9. The molecule has 19 heavy (non-hydrogen) atoms. The molecule has 0 saturated carbocycles. The molecule has 1 aromatic carbocycles. The summed E-state index contributed by atoms with van der Waals surface area (Å²) >= 11 is 9.13. The monoisotopic (exact) mass is 342 g/mol. The lowest BCUT2D eigenvalue weighted by Gasteiger charge is -2.07. The molecule has 2 aromatic rings. The number of nitrogens with one attached hydrogen (secondary N) is 2. The third-order valence-corrected chi connectivity index (χ3v) is 3.03. The molecule has 0 radical (unpaired) electrons. The summed E-state index contributed by atoms with van der Waals surface area (Å²) in [7, 11) is 0. The number of carbonyl (C=O) groups is 2. The summed E-state index contributed by atoms with van der Waals surface area (Å²) in [6.45, 7) is 0. The minimum atomic E-state index is -0.551. The van der Waals surface area contributed by atoms with Gasteiger partial charge in [0, 0.05) is 4.47 Å². The van der Waals surface area contributed by atoms with Crippen molar-refractivity contribution in [3.8, 4) is 0 Å². The van der Waals surface area contributed by atoms with E-state index in [2.05, 4.69) is 26.8 Å². The summed E-state index contributed by atoms with van der Waals surface area (Å²) in [4.78, 5) is 23.4. The second kappa shape index (κ2) is 5.90. The summed E-state index contributed by atoms with van der Waals surface area (Å²) in [6, 6.07) is 7.89. The van der Waals surface area contributed by atoms with Crippen molar-refractivity contribution < 1.29 is 14.0 Å². The zero-order valence-electron chi connectivity index (χ0n) is 9.44. The fraction of sp³-hybridized carbons (Fsp3) is 0. The van der Waals surface area contributed by atoms with Crippen LogP contribution in [0.4, 0.5) is 0 Å². The van der Waals surface area contributed by atoms with Gasteiger partial charge in [-0.3, -0.25) is 20.4 Å². The lowest BCUT2D eigenvalue weighted by atomic mass is 10.2. The highest BCUT2D eigenvalue weighted by Gasteiger charge is 2.13. The van der Waals surface area contributed by atoms with Crippen LogP contribution < -0.4 is 10.9 Å². The van der Waals surface area contributed by atoms with Crippen molar-refractivity contribution >= 4 is 39.3 Å². The molecule has 0 aliphatic carbocycles. The van der Waals surface area contributed by atoms with E-state index in [0.29, 0.717) is 4.47 Å². The molecule has 0 aliphatic rings. The molecule has 0 atom stereocenters. The molecule has 0 aliphatic heterocycles. The molecule has 1 aromatic heterocycles. The van der Waals surface area contributed by atoms with Crippen molar-refractivity contribution in [3.05, 3.63) is 57.4 Å². The van der Waals surface area contributed by atoms with Crippen molar-refractivity contribution in [2.45, 2.75) is 0 Å². The number of amides is 2. The molecule has 2 N–H and O–H groups in total. The Morgan fingerprint density at radius 1 is 1.16 bits per heavy atom. The van der Waals surface area contributed by atoms with E-state index in [1.807, 2.05) is 0 Å². The smallest absolute Gasteiger partial charge is 0.305 e. The second-order valence-electron chi connectivity index (χ2n) is 3.51. The maximum Gasteiger partial charge on any atom is 0.305 e. The Labute approximate surface area is 122 Å². The number of carbonyl (C=O) groups excluding carboxylic acids is 2. The first kappa shape index (κ1) is 13.6. The second-order valence-corrected chi connectivity index (χ2v) is 4.83. The number of furan rings is 1. The average Bonchev–Trinajstić information content (AvgIpc) is 2.92. The maximum atomic E-state index is 11.8. The highest BCUT2D eigenvalue weighted by Crippen LogP contribution is 2.20. The van der Waals surface area contributed by atoms with Crippen LogP contribution >= 0.6 is 27.5 Å². The van der Waals surface area contributed by atoms with Crippen molar-refractivity contribution in [1.82, 2.24) is 10.9 Å². The quantitative estimate of drug-likeness (QED) is 0.824. The van der Waals surface area contributed by atoms with Crippen LogP contribution in [0.15, 0.2) is 45.5 Å². The molecule has 2 amide bonds. The van der Waals surface area contributed by atoms with Crippen molar-refractivity contribution in [2.75, 3.05) is 0 Å². The van der Waals surface area contributed by atoms with E-state index in [4.69, 9.17) is 16.0 Å². The Morgan fingerprint density at radius 3 is 2.58 bits per heavy atom. The highest BCUT2D eigenvalue weighted by molar-refractivity contribution is 9.10. The van der Waals surface area contributed by atoms with Gasteiger partial charge in [0.2, 0.25) is 0 Å². The topological polar surface area (TPSA) is 71.3 Å². The predicted molar refractivity (Wildman–Crippen MR) is 72.8 cm³/mol. The van der Waals surface area contributed by atoms with E-state index >= 15 is 0 Å². The fourth-order valence-corrected chi connectivity index (χ4v) is 1.89. The van der Waals surface area contributed by atoms with Gasteiger partial charge < -0.3 is 4.42 Å². The van der Waals surface area contributed by atoms with Gasteiger partial charge in [0.15, 0.2) is 5.76 Å². The van der Waals surface area contributed by atoms with Gasteiger partial charge in [-0.15, -0.1) is 0 Å². The van der Waals surface area contributed by atoms with Crippen LogP contribution in [0.2, 0.25) is 5.02 Å². The number of hydrogen-bond donors (Lipinski definition) is 2. The van der Waals surface area contributed by atoms with Crippen LogP contribution in [0.25, 0.3) is 0 Å². The van der Waals surface area contributed by atoms with Crippen LogP contribution in [0.5, 0.6) is 0 Å². The summed E-state index contributed by atoms with van der Waals surface area (Å²) < 4.78 is 5.59. The van der Waals surface area contributed by atoms with Gasteiger partial charge in [-0.25, -0.2) is 0 Å². The Bertz CT molecular complexity index is 613. The SMILES string of the molecule is O=C(NNC(=O)c1cc(Br)ccc1Cl)c1ccco1. The first-order chi connectivity index (χ1) is 9.08. The van der Waals surface area contributed by atoms with Crippen molar-refractivity contribution in [1.29, 1.82) is 0 Å². The molecule has 7 heteroatoms. The summed E-state index contributed by atoms with van der Waals surface area (Å²) in [5.74, 6) is -0.976. The first-order valence-electron chi connectivity index (χ1n) is 5.17. The number of rotatable bonds is 2. The Morgan fingerprint density at radius 2 is 1.89 bits per heavy atom. The van der Waals surface area contributed by atoms with Gasteiger partial charge in [-0.1, -0.05) is 27.5 Å². The number of hydrogen-bond acceptors (Lipinski definition) is 3. The van der Waals surface area contributed by atoms with E-state index in [0.717, 1.165) is 0 Å². The van der Waals surface area contributed by atoms with Gasteiger partial charge in [-0.2, -0.15) is 0 Å². The predicted octanol–water partition coefficient (Wildman–Crippen LogP) is 2.77. The van der Waals surface area contributed by atoms with Crippen molar-refractivity contribution in [2.24, 2.45) is 0 Å². The van der Waals surface area contributed by atoms with E-state index in [9.17, 15) is 9.59 Å². The zero-order valence-corrected chi connectivity index (χ0v) is 11.8. The largest absolute Gasteiger partial charge is 0.459 e. The molecule has 5 nitrogen and oxygen atoms in total. The molecular formula is C12H8BrClN2O3. The standard InChI is InChI=1S/C12H8BrClN2O3/c13-7-3-4-9(14)8(6-7)11(17)15-16-12(18)10-2-1-5-19-10/h1-6H,(H,15,17)(H,16,18). The molecule has 98 valence electrons. The van der Waals surface area contributed by atoms with Crippen LogP contribution in [0.1, 0.15) is 20.9 Å². The van der Waals surface area contributed by atoms with Crippen LogP contribution in [0, 0.1) is 0 Å². The Kier molecular flexibility index (Phi) is 4.24. The zero-order chi connectivity index (χ0) is 13.8. The molecule has 0 saturated heterocycles. The molecule has 0 fully saturated rings. The third kappa shape index (κ3) is 3.36. The summed E-state index contributed by atoms with van der Waals surface area (Å²) in [5.41, 5.74) is 4.72. The van der Waals surface area contributed by atoms with Gasteiger partial charge >= 0.3 is 5.91 Å². The van der Waals surface area contributed by atoms with Crippen LogP contribution in [0.3, 0.4) is 0 Å². The fourth-order valence-electron chi connectivity index (χ4n) is 1.32. The molecule has 1 heterocycles. The van der Waals surface area contributed by atoms with E-state index in [-0.39, 0.29) is 16.3 Å². The molecule has 0 bridgehead atoms. The summed E-state index contributed by atoms with van der Waals surface area (Å²) in [6.07, 6.45) is 1.36. The lowest BCUT2D eigenvalue weighted by molar-refractivity contribution is 0.0831. The Balaban J connectivity index is 2.02. The molecule has 0 unspecified atom stereocenters. The van der Waals surface area contributed by atoms with Crippen LogP contribution in [-0.2, 0) is 0 Å². The minimum absolute atomic E-state index is 0.0978. The van der Waals surface area contributed by atoms with Gasteiger partial charge in [-0.05, 0) is 30.3 Å².